The van der Waals surface area contributed by atoms with Crippen LogP contribution in [0, 0.1) is 0 Å². The lowest BCUT2D eigenvalue weighted by atomic mass is 10.1. The van der Waals surface area contributed by atoms with Crippen LogP contribution in [0.25, 0.3) is 11.1 Å². The molecule has 0 amide bonds. The van der Waals surface area contributed by atoms with Crippen molar-refractivity contribution in [3.63, 3.8) is 0 Å². The number of sulfone groups is 1. The van der Waals surface area contributed by atoms with Gasteiger partial charge < -0.3 is 5.73 Å². The molecule has 0 bridgehead atoms. The monoisotopic (exact) mass is 283 g/mol. The summed E-state index contributed by atoms with van der Waals surface area (Å²) in [7, 11) is -3.34. The van der Waals surface area contributed by atoms with Gasteiger partial charge in [0, 0.05) is 11.8 Å². The van der Waals surface area contributed by atoms with Crippen molar-refractivity contribution in [2.24, 2.45) is 0 Å². The summed E-state index contributed by atoms with van der Waals surface area (Å²) in [6.07, 6.45) is 1.17. The molecule has 0 fully saturated rings. The van der Waals surface area contributed by atoms with Gasteiger partial charge in [-0.3, -0.25) is 0 Å². The third-order valence-corrected chi connectivity index (χ3v) is 3.70. The van der Waals surface area contributed by atoms with E-state index in [0.717, 1.165) is 5.56 Å². The number of anilines is 1. The maximum Gasteiger partial charge on any atom is 0.178 e. The maximum atomic E-state index is 11.8. The Bertz CT molecular complexity index is 639. The first-order valence-corrected chi connectivity index (χ1v) is 7.03. The van der Waals surface area contributed by atoms with Crippen LogP contribution in [0.2, 0.25) is 0 Å². The highest BCUT2D eigenvalue weighted by Gasteiger charge is 2.17. The van der Waals surface area contributed by atoms with Crippen molar-refractivity contribution in [1.29, 1.82) is 0 Å². The summed E-state index contributed by atoms with van der Waals surface area (Å²) in [4.78, 5) is 0.200. The van der Waals surface area contributed by atoms with Gasteiger partial charge in [0.2, 0.25) is 0 Å². The van der Waals surface area contributed by atoms with E-state index in [0.29, 0.717) is 5.56 Å². The normalized spacial score (nSPS) is 10.7. The molecule has 0 aliphatic heterocycles. The second-order valence-electron chi connectivity index (χ2n) is 3.86. The molecular formula is C13H14ClNO2S. The Hall–Kier alpha value is -1.52. The predicted molar refractivity (Wildman–Crippen MR) is 76.6 cm³/mol. The van der Waals surface area contributed by atoms with Gasteiger partial charge >= 0.3 is 0 Å². The average Bonchev–Trinajstić information content (AvgIpc) is 2.28. The first kappa shape index (κ1) is 14.5. The Morgan fingerprint density at radius 1 is 0.944 bits per heavy atom. The summed E-state index contributed by atoms with van der Waals surface area (Å²) in [6, 6.07) is 14.5. The van der Waals surface area contributed by atoms with Crippen molar-refractivity contribution >= 4 is 27.9 Å². The van der Waals surface area contributed by atoms with Gasteiger partial charge in [-0.05, 0) is 11.6 Å². The minimum absolute atomic E-state index is 0. The van der Waals surface area contributed by atoms with Crippen LogP contribution in [0.15, 0.2) is 53.4 Å². The fraction of sp³-hybridized carbons (Fsp3) is 0.0769. The van der Waals surface area contributed by atoms with Gasteiger partial charge in [0.25, 0.3) is 0 Å². The molecule has 2 aromatic rings. The Morgan fingerprint density at radius 3 is 2.11 bits per heavy atom. The number of hydrogen-bond acceptors (Lipinski definition) is 3. The second kappa shape index (κ2) is 5.42. The highest BCUT2D eigenvalue weighted by Crippen LogP contribution is 2.31. The van der Waals surface area contributed by atoms with Crippen molar-refractivity contribution < 1.29 is 8.42 Å². The topological polar surface area (TPSA) is 60.2 Å². The third-order valence-electron chi connectivity index (χ3n) is 2.50. The van der Waals surface area contributed by atoms with Crippen LogP contribution in [0.1, 0.15) is 0 Å². The number of benzene rings is 2. The Labute approximate surface area is 113 Å². The average molecular weight is 284 g/mol. The molecule has 0 aromatic heterocycles. The zero-order chi connectivity index (χ0) is 12.5. The van der Waals surface area contributed by atoms with Crippen LogP contribution in [0.3, 0.4) is 0 Å². The fourth-order valence-electron chi connectivity index (χ4n) is 1.81. The Kier molecular flexibility index (Phi) is 4.38. The molecule has 0 radical (unpaired) electrons. The molecule has 2 rings (SSSR count). The molecular weight excluding hydrogens is 270 g/mol. The summed E-state index contributed by atoms with van der Waals surface area (Å²) >= 11 is 0. The standard InChI is InChI=1S/C13H13NO2S.ClH/c1-17(15,16)13-11(8-5-9-12(13)14)10-6-3-2-4-7-10;/h2-9H,14H2,1H3;1H. The smallest absolute Gasteiger partial charge is 0.178 e. The van der Waals surface area contributed by atoms with Crippen molar-refractivity contribution in [3.05, 3.63) is 48.5 Å². The van der Waals surface area contributed by atoms with Crippen LogP contribution in [0.5, 0.6) is 0 Å². The minimum atomic E-state index is -3.34. The van der Waals surface area contributed by atoms with Gasteiger partial charge in [-0.15, -0.1) is 12.4 Å². The van der Waals surface area contributed by atoms with Crippen LogP contribution < -0.4 is 5.73 Å². The lowest BCUT2D eigenvalue weighted by molar-refractivity contribution is 0.602. The predicted octanol–water partition coefficient (Wildman–Crippen LogP) is 2.76. The van der Waals surface area contributed by atoms with Gasteiger partial charge in [-0.25, -0.2) is 8.42 Å². The molecule has 3 nitrogen and oxygen atoms in total. The number of rotatable bonds is 2. The van der Waals surface area contributed by atoms with Crippen LogP contribution >= 0.6 is 12.4 Å². The number of hydrogen-bond donors (Lipinski definition) is 1. The van der Waals surface area contributed by atoms with E-state index in [1.807, 2.05) is 30.3 Å². The molecule has 0 saturated heterocycles. The Balaban J connectivity index is 0.00000162. The van der Waals surface area contributed by atoms with E-state index in [2.05, 4.69) is 0 Å². The third kappa shape index (κ3) is 2.83. The molecule has 96 valence electrons. The highest BCUT2D eigenvalue weighted by atomic mass is 35.5. The zero-order valence-corrected chi connectivity index (χ0v) is 11.5. The van der Waals surface area contributed by atoms with Gasteiger partial charge in [-0.1, -0.05) is 42.5 Å². The molecule has 0 heterocycles. The first-order valence-electron chi connectivity index (χ1n) is 5.14. The zero-order valence-electron chi connectivity index (χ0n) is 9.83. The maximum absolute atomic E-state index is 11.8. The lowest BCUT2D eigenvalue weighted by Gasteiger charge is -2.10. The fourth-order valence-corrected chi connectivity index (χ4v) is 2.90. The lowest BCUT2D eigenvalue weighted by Crippen LogP contribution is -2.04. The van der Waals surface area contributed by atoms with Gasteiger partial charge in [0.1, 0.15) is 0 Å². The molecule has 18 heavy (non-hydrogen) atoms. The minimum Gasteiger partial charge on any atom is -0.398 e. The van der Waals surface area contributed by atoms with Gasteiger partial charge in [0.05, 0.1) is 10.6 Å². The number of nitrogens with two attached hydrogens (primary N) is 1. The molecule has 0 saturated carbocycles. The van der Waals surface area contributed by atoms with E-state index < -0.39 is 9.84 Å². The van der Waals surface area contributed by atoms with Gasteiger partial charge in [-0.2, -0.15) is 0 Å². The van der Waals surface area contributed by atoms with Crippen molar-refractivity contribution in [3.8, 4) is 11.1 Å². The van der Waals surface area contributed by atoms with E-state index in [1.54, 1.807) is 18.2 Å². The van der Waals surface area contributed by atoms with E-state index >= 15 is 0 Å². The summed E-state index contributed by atoms with van der Waals surface area (Å²) < 4.78 is 23.5. The van der Waals surface area contributed by atoms with Gasteiger partial charge in [0.15, 0.2) is 9.84 Å². The molecule has 2 N–H and O–H groups in total. The summed E-state index contributed by atoms with van der Waals surface area (Å²) in [6.45, 7) is 0. The van der Waals surface area contributed by atoms with E-state index in [9.17, 15) is 8.42 Å². The quantitative estimate of drug-likeness (QED) is 0.862. The molecule has 2 aromatic carbocycles. The van der Waals surface area contributed by atoms with Crippen LogP contribution in [-0.4, -0.2) is 14.7 Å². The SMILES string of the molecule is CS(=O)(=O)c1c(N)cccc1-c1ccccc1.Cl. The first-order chi connectivity index (χ1) is 8.00. The van der Waals surface area contributed by atoms with Crippen LogP contribution in [-0.2, 0) is 9.84 Å². The second-order valence-corrected chi connectivity index (χ2v) is 5.81. The van der Waals surface area contributed by atoms with Crippen LogP contribution in [0.4, 0.5) is 5.69 Å². The molecule has 0 atom stereocenters. The van der Waals surface area contributed by atoms with E-state index in [1.165, 1.54) is 6.26 Å². The Morgan fingerprint density at radius 2 is 1.56 bits per heavy atom. The number of halogens is 1. The van der Waals surface area contributed by atoms with Crippen molar-refractivity contribution in [2.45, 2.75) is 4.90 Å². The molecule has 0 aliphatic rings. The molecule has 0 spiro atoms. The molecule has 5 heteroatoms. The summed E-state index contributed by atoms with van der Waals surface area (Å²) in [5.74, 6) is 0. The highest BCUT2D eigenvalue weighted by molar-refractivity contribution is 7.91. The van der Waals surface area contributed by atoms with Crippen molar-refractivity contribution in [2.75, 3.05) is 12.0 Å². The van der Waals surface area contributed by atoms with E-state index in [4.69, 9.17) is 5.73 Å². The van der Waals surface area contributed by atoms with Crippen molar-refractivity contribution in [1.82, 2.24) is 0 Å². The largest absolute Gasteiger partial charge is 0.398 e. The number of nitrogen functional groups attached to an aromatic ring is 1. The molecule has 0 unspecified atom stereocenters. The summed E-state index contributed by atoms with van der Waals surface area (Å²) in [5.41, 5.74) is 7.55. The van der Waals surface area contributed by atoms with E-state index in [-0.39, 0.29) is 23.0 Å². The summed E-state index contributed by atoms with van der Waals surface area (Å²) in [5, 5.41) is 0. The molecule has 0 aliphatic carbocycles.